The fraction of sp³-hybridized carbons (Fsp3) is 0.556. The third kappa shape index (κ3) is 4.47. The van der Waals surface area contributed by atoms with Gasteiger partial charge in [-0.2, -0.15) is 0 Å². The summed E-state index contributed by atoms with van der Waals surface area (Å²) in [5.41, 5.74) is 0.899. The molecule has 24 heavy (non-hydrogen) atoms. The van der Waals surface area contributed by atoms with Gasteiger partial charge in [-0.1, -0.05) is 19.1 Å². The average Bonchev–Trinajstić information content (AvgIpc) is 2.59. The predicted octanol–water partition coefficient (Wildman–Crippen LogP) is 2.31. The molecule has 0 saturated carbocycles. The lowest BCUT2D eigenvalue weighted by atomic mass is 9.92. The monoisotopic (exact) mass is 335 g/mol. The van der Waals surface area contributed by atoms with E-state index >= 15 is 0 Å². The molecule has 2 rings (SSSR count). The van der Waals surface area contributed by atoms with Crippen molar-refractivity contribution in [2.75, 3.05) is 13.7 Å². The third-order valence-electron chi connectivity index (χ3n) is 4.41. The van der Waals surface area contributed by atoms with Gasteiger partial charge in [0.1, 0.15) is 17.9 Å². The van der Waals surface area contributed by atoms with Crippen molar-refractivity contribution in [1.29, 1.82) is 0 Å². The molecule has 1 amide bonds. The molecule has 0 spiro atoms. The van der Waals surface area contributed by atoms with Crippen LogP contribution in [0.1, 0.15) is 32.3 Å². The van der Waals surface area contributed by atoms with Crippen LogP contribution < -0.4 is 4.74 Å². The molecule has 0 aromatic heterocycles. The van der Waals surface area contributed by atoms with Crippen LogP contribution in [0.15, 0.2) is 24.3 Å². The molecule has 132 valence electrons. The minimum Gasteiger partial charge on any atom is -0.497 e. The van der Waals surface area contributed by atoms with Crippen LogP contribution in [0.3, 0.4) is 0 Å². The molecule has 0 radical (unpaired) electrons. The molecule has 1 aliphatic heterocycles. The van der Waals surface area contributed by atoms with Crippen LogP contribution >= 0.6 is 0 Å². The van der Waals surface area contributed by atoms with E-state index in [0.29, 0.717) is 18.9 Å². The number of amides is 1. The minimum absolute atomic E-state index is 0.266. The number of nitrogens with zero attached hydrogens (tertiary/aromatic N) is 1. The van der Waals surface area contributed by atoms with Crippen LogP contribution in [0.2, 0.25) is 0 Å². The SMILES string of the molecule is COc1cccc(COC(C)C(=O)N2CCC(C)CC2C(=O)O)c1. The minimum atomic E-state index is -0.949. The van der Waals surface area contributed by atoms with Gasteiger partial charge in [0.25, 0.3) is 5.91 Å². The van der Waals surface area contributed by atoms with Gasteiger partial charge >= 0.3 is 5.97 Å². The standard InChI is InChI=1S/C18H25NO5/c1-12-7-8-19(16(9-12)18(21)22)17(20)13(2)24-11-14-5-4-6-15(10-14)23-3/h4-6,10,12-13,16H,7-9,11H2,1-3H3,(H,21,22). The summed E-state index contributed by atoms with van der Waals surface area (Å²) < 4.78 is 10.8. The molecular weight excluding hydrogens is 310 g/mol. The Balaban J connectivity index is 1.96. The molecule has 1 heterocycles. The molecular formula is C18H25NO5. The topological polar surface area (TPSA) is 76.1 Å². The normalized spacial score (nSPS) is 22.0. The Bertz CT molecular complexity index is 589. The summed E-state index contributed by atoms with van der Waals surface area (Å²) in [6.07, 6.45) is 0.619. The van der Waals surface area contributed by atoms with Gasteiger partial charge in [-0.3, -0.25) is 4.79 Å². The molecule has 3 unspecified atom stereocenters. The van der Waals surface area contributed by atoms with Crippen LogP contribution in [-0.2, 0) is 20.9 Å². The van der Waals surface area contributed by atoms with Crippen molar-refractivity contribution >= 4 is 11.9 Å². The van der Waals surface area contributed by atoms with E-state index in [1.54, 1.807) is 14.0 Å². The van der Waals surface area contributed by atoms with Crippen molar-refractivity contribution in [2.24, 2.45) is 5.92 Å². The quantitative estimate of drug-likeness (QED) is 0.863. The Morgan fingerprint density at radius 1 is 1.42 bits per heavy atom. The van der Waals surface area contributed by atoms with Crippen LogP contribution in [0.4, 0.5) is 0 Å². The van der Waals surface area contributed by atoms with Gasteiger partial charge in [-0.25, -0.2) is 4.79 Å². The number of likely N-dealkylation sites (tertiary alicyclic amines) is 1. The first-order valence-corrected chi connectivity index (χ1v) is 8.20. The lowest BCUT2D eigenvalue weighted by molar-refractivity contribution is -0.158. The first-order chi connectivity index (χ1) is 11.4. The Labute approximate surface area is 142 Å². The molecule has 0 bridgehead atoms. The largest absolute Gasteiger partial charge is 0.497 e. The zero-order chi connectivity index (χ0) is 17.7. The Morgan fingerprint density at radius 2 is 2.17 bits per heavy atom. The Kier molecular flexibility index (Phi) is 6.20. The van der Waals surface area contributed by atoms with E-state index in [4.69, 9.17) is 9.47 Å². The molecule has 6 heteroatoms. The number of hydrogen-bond acceptors (Lipinski definition) is 4. The molecule has 1 N–H and O–H groups in total. The van der Waals surface area contributed by atoms with Crippen molar-refractivity contribution in [3.63, 3.8) is 0 Å². The number of carbonyl (C=O) groups is 2. The van der Waals surface area contributed by atoms with Crippen molar-refractivity contribution in [3.8, 4) is 5.75 Å². The second kappa shape index (κ2) is 8.15. The van der Waals surface area contributed by atoms with E-state index in [1.165, 1.54) is 4.90 Å². The van der Waals surface area contributed by atoms with Crippen molar-refractivity contribution in [1.82, 2.24) is 4.90 Å². The molecule has 1 fully saturated rings. The zero-order valence-electron chi connectivity index (χ0n) is 14.4. The number of hydrogen-bond donors (Lipinski definition) is 1. The molecule has 1 saturated heterocycles. The first kappa shape index (κ1) is 18.3. The third-order valence-corrected chi connectivity index (χ3v) is 4.41. The lowest BCUT2D eigenvalue weighted by Gasteiger charge is -2.37. The lowest BCUT2D eigenvalue weighted by Crippen LogP contribution is -2.52. The number of ether oxygens (including phenoxy) is 2. The molecule has 1 aromatic rings. The number of methoxy groups -OCH3 is 1. The summed E-state index contributed by atoms with van der Waals surface area (Å²) in [5, 5.41) is 9.37. The maximum Gasteiger partial charge on any atom is 0.326 e. The van der Waals surface area contributed by atoms with E-state index in [1.807, 2.05) is 31.2 Å². The van der Waals surface area contributed by atoms with Crippen molar-refractivity contribution in [3.05, 3.63) is 29.8 Å². The summed E-state index contributed by atoms with van der Waals surface area (Å²) >= 11 is 0. The van der Waals surface area contributed by atoms with Gasteiger partial charge in [0.05, 0.1) is 13.7 Å². The average molecular weight is 335 g/mol. The van der Waals surface area contributed by atoms with E-state index in [2.05, 4.69) is 0 Å². The van der Waals surface area contributed by atoms with Gasteiger partial charge in [0.15, 0.2) is 0 Å². The summed E-state index contributed by atoms with van der Waals surface area (Å²) in [5.74, 6) is -0.179. The van der Waals surface area contributed by atoms with Crippen LogP contribution in [0, 0.1) is 5.92 Å². The number of carboxylic acid groups (broad SMARTS) is 1. The molecule has 3 atom stereocenters. The number of benzene rings is 1. The number of piperidine rings is 1. The number of carboxylic acids is 1. The predicted molar refractivity (Wildman–Crippen MR) is 88.8 cm³/mol. The van der Waals surface area contributed by atoms with Crippen molar-refractivity contribution < 1.29 is 24.2 Å². The zero-order valence-corrected chi connectivity index (χ0v) is 14.4. The molecule has 1 aliphatic rings. The Hall–Kier alpha value is -2.08. The van der Waals surface area contributed by atoms with Gasteiger partial charge in [0.2, 0.25) is 0 Å². The fourth-order valence-corrected chi connectivity index (χ4v) is 2.93. The molecule has 6 nitrogen and oxygen atoms in total. The van der Waals surface area contributed by atoms with E-state index in [0.717, 1.165) is 17.7 Å². The molecule has 0 aliphatic carbocycles. The number of rotatable bonds is 6. The number of carbonyl (C=O) groups excluding carboxylic acids is 1. The van der Waals surface area contributed by atoms with E-state index in [9.17, 15) is 14.7 Å². The summed E-state index contributed by atoms with van der Waals surface area (Å²) in [7, 11) is 1.59. The maximum atomic E-state index is 12.6. The number of aliphatic carboxylic acids is 1. The summed E-state index contributed by atoms with van der Waals surface area (Å²) in [4.78, 5) is 25.5. The van der Waals surface area contributed by atoms with Crippen molar-refractivity contribution in [2.45, 2.75) is 45.4 Å². The van der Waals surface area contributed by atoms with Crippen LogP contribution in [0.25, 0.3) is 0 Å². The highest BCUT2D eigenvalue weighted by atomic mass is 16.5. The van der Waals surface area contributed by atoms with Crippen LogP contribution in [-0.4, -0.2) is 47.7 Å². The highest BCUT2D eigenvalue weighted by Crippen LogP contribution is 2.24. The smallest absolute Gasteiger partial charge is 0.326 e. The van der Waals surface area contributed by atoms with Gasteiger partial charge < -0.3 is 19.5 Å². The molecule has 1 aromatic carbocycles. The van der Waals surface area contributed by atoms with Crippen LogP contribution in [0.5, 0.6) is 5.75 Å². The second-order valence-corrected chi connectivity index (χ2v) is 6.32. The Morgan fingerprint density at radius 3 is 2.83 bits per heavy atom. The van der Waals surface area contributed by atoms with Gasteiger partial charge in [0, 0.05) is 6.54 Å². The van der Waals surface area contributed by atoms with E-state index < -0.39 is 18.1 Å². The fourth-order valence-electron chi connectivity index (χ4n) is 2.93. The highest BCUT2D eigenvalue weighted by Gasteiger charge is 2.36. The highest BCUT2D eigenvalue weighted by molar-refractivity contribution is 5.86. The maximum absolute atomic E-state index is 12.6. The summed E-state index contributed by atoms with van der Waals surface area (Å²) in [6.45, 7) is 4.41. The van der Waals surface area contributed by atoms with Gasteiger partial charge in [-0.15, -0.1) is 0 Å². The van der Waals surface area contributed by atoms with Gasteiger partial charge in [-0.05, 0) is 43.4 Å². The second-order valence-electron chi connectivity index (χ2n) is 6.32. The first-order valence-electron chi connectivity index (χ1n) is 8.20. The van der Waals surface area contributed by atoms with E-state index in [-0.39, 0.29) is 12.5 Å². The summed E-state index contributed by atoms with van der Waals surface area (Å²) in [6, 6.07) is 6.67.